The lowest BCUT2D eigenvalue weighted by atomic mass is 9.72. The Bertz CT molecular complexity index is 904. The molecule has 1 spiro atoms. The van der Waals surface area contributed by atoms with Crippen LogP contribution in [-0.2, 0) is 21.5 Å². The van der Waals surface area contributed by atoms with Crippen LogP contribution in [-0.4, -0.2) is 59.3 Å². The number of carbonyl (C=O) groups is 1. The maximum absolute atomic E-state index is 12.4. The molecule has 6 nitrogen and oxygen atoms in total. The van der Waals surface area contributed by atoms with Gasteiger partial charge in [-0.05, 0) is 55.3 Å². The van der Waals surface area contributed by atoms with Gasteiger partial charge in [-0.15, -0.1) is 0 Å². The Morgan fingerprint density at radius 2 is 2.10 bits per heavy atom. The quantitative estimate of drug-likeness (QED) is 0.685. The van der Waals surface area contributed by atoms with Crippen molar-refractivity contribution in [1.29, 1.82) is 0 Å². The minimum absolute atomic E-state index is 0.0439. The molecule has 0 saturated carbocycles. The number of hydrogen-bond acceptors (Lipinski definition) is 5. The van der Waals surface area contributed by atoms with Gasteiger partial charge >= 0.3 is 0 Å². The Labute approximate surface area is 189 Å². The maximum Gasteiger partial charge on any atom is 0.230 e. The van der Waals surface area contributed by atoms with E-state index in [0.717, 1.165) is 38.2 Å². The third-order valence-corrected chi connectivity index (χ3v) is 7.46. The Morgan fingerprint density at radius 1 is 1.35 bits per heavy atom. The summed E-state index contributed by atoms with van der Waals surface area (Å²) in [5.74, 6) is 0.979. The van der Waals surface area contributed by atoms with Crippen LogP contribution < -0.4 is 5.32 Å². The average molecular weight is 443 g/mol. The summed E-state index contributed by atoms with van der Waals surface area (Å²) in [6.07, 6.45) is 3.94. The summed E-state index contributed by atoms with van der Waals surface area (Å²) in [5, 5.41) is 10.9. The average Bonchev–Trinajstić information content (AvgIpc) is 3.32. The molecule has 0 radical (unpaired) electrons. The number of ether oxygens (including phenoxy) is 1. The number of carbonyl (C=O) groups excluding carboxylic acids is 1. The maximum atomic E-state index is 12.4. The largest absolute Gasteiger partial charge is 0.378 e. The number of likely N-dealkylation sites (tertiary alicyclic amines) is 1. The molecule has 31 heavy (non-hydrogen) atoms. The van der Waals surface area contributed by atoms with E-state index in [1.54, 1.807) is 18.9 Å². The van der Waals surface area contributed by atoms with E-state index in [-0.39, 0.29) is 23.5 Å². The molecular formula is C24H34N4O2S. The summed E-state index contributed by atoms with van der Waals surface area (Å²) in [7, 11) is 1.79. The molecule has 1 fully saturated rings. The Balaban J connectivity index is 1.52. The first kappa shape index (κ1) is 22.4. The predicted molar refractivity (Wildman–Crippen MR) is 125 cm³/mol. The van der Waals surface area contributed by atoms with Crippen LogP contribution in [0.25, 0.3) is 0 Å². The number of aromatic amines is 1. The fraction of sp³-hybridized carbons (Fsp3) is 0.583. The zero-order valence-corrected chi connectivity index (χ0v) is 19.8. The van der Waals surface area contributed by atoms with E-state index in [0.29, 0.717) is 11.7 Å². The van der Waals surface area contributed by atoms with E-state index < -0.39 is 0 Å². The van der Waals surface area contributed by atoms with Crippen molar-refractivity contribution in [3.05, 3.63) is 52.8 Å². The minimum Gasteiger partial charge on any atom is -0.378 e. The molecule has 2 atom stereocenters. The van der Waals surface area contributed by atoms with Crippen molar-refractivity contribution in [2.45, 2.75) is 56.7 Å². The highest BCUT2D eigenvalue weighted by Crippen LogP contribution is 2.52. The third-order valence-electron chi connectivity index (χ3n) is 6.91. The molecule has 1 saturated heterocycles. The molecule has 168 valence electrons. The van der Waals surface area contributed by atoms with E-state index in [2.05, 4.69) is 64.6 Å². The second-order valence-corrected chi connectivity index (χ2v) is 9.99. The monoisotopic (exact) mass is 442 g/mol. The number of aromatic nitrogens is 2. The second kappa shape index (κ2) is 9.35. The van der Waals surface area contributed by atoms with Gasteiger partial charge in [0.15, 0.2) is 0 Å². The van der Waals surface area contributed by atoms with Gasteiger partial charge in [0.2, 0.25) is 5.91 Å². The van der Waals surface area contributed by atoms with Crippen LogP contribution in [0.3, 0.4) is 0 Å². The summed E-state index contributed by atoms with van der Waals surface area (Å²) < 4.78 is 6.11. The Morgan fingerprint density at radius 3 is 2.74 bits per heavy atom. The van der Waals surface area contributed by atoms with Crippen LogP contribution in [0.4, 0.5) is 0 Å². The molecule has 2 aliphatic rings. The molecule has 0 bridgehead atoms. The first-order valence-corrected chi connectivity index (χ1v) is 12.5. The number of rotatable bonds is 7. The van der Waals surface area contributed by atoms with Gasteiger partial charge in [-0.25, -0.2) is 0 Å². The van der Waals surface area contributed by atoms with Gasteiger partial charge in [-0.2, -0.15) is 16.9 Å². The normalized spacial score (nSPS) is 22.7. The highest BCUT2D eigenvalue weighted by Gasteiger charge is 2.53. The van der Waals surface area contributed by atoms with Crippen molar-refractivity contribution >= 4 is 17.7 Å². The summed E-state index contributed by atoms with van der Waals surface area (Å²) in [5.41, 5.74) is 4.80. The number of nitrogens with zero attached hydrogens (tertiary/aromatic N) is 2. The van der Waals surface area contributed by atoms with Crippen molar-refractivity contribution < 1.29 is 9.53 Å². The lowest BCUT2D eigenvalue weighted by Gasteiger charge is -2.44. The summed E-state index contributed by atoms with van der Waals surface area (Å²) in [6, 6.07) is 10.7. The second-order valence-electron chi connectivity index (χ2n) is 9.13. The Hall–Kier alpha value is -1.83. The fourth-order valence-electron chi connectivity index (χ4n) is 5.38. The molecule has 4 rings (SSSR count). The van der Waals surface area contributed by atoms with Gasteiger partial charge in [-0.3, -0.25) is 14.8 Å². The smallest absolute Gasteiger partial charge is 0.230 e. The Kier molecular flexibility index (Phi) is 6.74. The van der Waals surface area contributed by atoms with Crippen LogP contribution in [0.5, 0.6) is 0 Å². The van der Waals surface area contributed by atoms with Gasteiger partial charge < -0.3 is 10.1 Å². The number of piperidine rings is 1. The summed E-state index contributed by atoms with van der Waals surface area (Å²) in [4.78, 5) is 14.9. The minimum atomic E-state index is -0.0893. The van der Waals surface area contributed by atoms with Gasteiger partial charge in [-0.1, -0.05) is 38.1 Å². The highest BCUT2D eigenvalue weighted by atomic mass is 32.2. The van der Waals surface area contributed by atoms with Gasteiger partial charge in [0.25, 0.3) is 0 Å². The lowest BCUT2D eigenvalue weighted by Crippen LogP contribution is -2.50. The predicted octanol–water partition coefficient (Wildman–Crippen LogP) is 3.62. The number of amides is 1. The van der Waals surface area contributed by atoms with Crippen LogP contribution in [0, 0.1) is 0 Å². The van der Waals surface area contributed by atoms with E-state index in [4.69, 9.17) is 4.74 Å². The van der Waals surface area contributed by atoms with Gasteiger partial charge in [0.1, 0.15) is 0 Å². The van der Waals surface area contributed by atoms with E-state index in [9.17, 15) is 4.79 Å². The number of thioether (sulfide) groups is 1. The molecule has 7 heteroatoms. The molecule has 0 unspecified atom stereocenters. The van der Waals surface area contributed by atoms with Gasteiger partial charge in [0.05, 0.1) is 23.6 Å². The molecule has 1 amide bonds. The number of fused-ring (bicyclic) bond motifs is 2. The standard InChI is InChI=1S/C24H34N4O2S/c1-16(2)20-13-17(26-27-20)14-28-11-9-24(10-12-28)19-8-6-5-7-18(19)22(23(24)30-3)25-21(29)15-31-4/h5-8,13,16,22-23H,9-12,14-15H2,1-4H3,(H,25,29)(H,26,27)/t22-,23+/m1/s1. The molecule has 1 aliphatic heterocycles. The summed E-state index contributed by atoms with van der Waals surface area (Å²) >= 11 is 1.55. The molecule has 1 aromatic carbocycles. The van der Waals surface area contributed by atoms with Crippen LogP contribution >= 0.6 is 11.8 Å². The molecule has 1 aliphatic carbocycles. The van der Waals surface area contributed by atoms with Crippen molar-refractivity contribution in [2.75, 3.05) is 32.2 Å². The number of hydrogen-bond donors (Lipinski definition) is 2. The topological polar surface area (TPSA) is 70.2 Å². The fourth-order valence-corrected chi connectivity index (χ4v) is 5.72. The van der Waals surface area contributed by atoms with Crippen molar-refractivity contribution in [1.82, 2.24) is 20.4 Å². The number of methoxy groups -OCH3 is 1. The zero-order chi connectivity index (χ0) is 22.0. The van der Waals surface area contributed by atoms with Crippen molar-refractivity contribution in [2.24, 2.45) is 0 Å². The van der Waals surface area contributed by atoms with E-state index >= 15 is 0 Å². The number of benzene rings is 1. The molecule has 1 aromatic heterocycles. The molecule has 2 N–H and O–H groups in total. The highest BCUT2D eigenvalue weighted by molar-refractivity contribution is 7.99. The molecule has 2 aromatic rings. The number of nitrogens with one attached hydrogen (secondary N) is 2. The van der Waals surface area contributed by atoms with E-state index in [1.807, 2.05) is 6.26 Å². The van der Waals surface area contributed by atoms with Crippen molar-refractivity contribution in [3.63, 3.8) is 0 Å². The lowest BCUT2D eigenvalue weighted by molar-refractivity contribution is -0.121. The van der Waals surface area contributed by atoms with Crippen LogP contribution in [0.1, 0.15) is 61.2 Å². The first-order chi connectivity index (χ1) is 15.0. The molecular weight excluding hydrogens is 408 g/mol. The van der Waals surface area contributed by atoms with E-state index in [1.165, 1.54) is 16.8 Å². The molecule has 2 heterocycles. The van der Waals surface area contributed by atoms with Gasteiger partial charge in [0, 0.05) is 24.8 Å². The third kappa shape index (κ3) is 4.28. The zero-order valence-electron chi connectivity index (χ0n) is 19.0. The number of H-pyrrole nitrogens is 1. The first-order valence-electron chi connectivity index (χ1n) is 11.2. The van der Waals surface area contributed by atoms with Crippen molar-refractivity contribution in [3.8, 4) is 0 Å². The van der Waals surface area contributed by atoms with Crippen LogP contribution in [0.15, 0.2) is 30.3 Å². The SMILES string of the molecule is CO[C@H]1[C@H](NC(=O)CSC)c2ccccc2C12CCN(Cc1cc(C(C)C)n[nH]1)CC2. The summed E-state index contributed by atoms with van der Waals surface area (Å²) in [6.45, 7) is 7.22. The van der Waals surface area contributed by atoms with Crippen LogP contribution in [0.2, 0.25) is 0 Å².